The van der Waals surface area contributed by atoms with Crippen LogP contribution in [0.4, 0.5) is 0 Å². The highest BCUT2D eigenvalue weighted by Crippen LogP contribution is 2.15. The van der Waals surface area contributed by atoms with Gasteiger partial charge in [-0.05, 0) is 13.8 Å². The van der Waals surface area contributed by atoms with Crippen molar-refractivity contribution in [2.45, 2.75) is 19.4 Å². The zero-order valence-electron chi connectivity index (χ0n) is 10.5. The molecule has 1 aliphatic rings. The maximum atomic E-state index is 12.2. The van der Waals surface area contributed by atoms with Crippen LogP contribution in [-0.2, 0) is 14.3 Å². The van der Waals surface area contributed by atoms with Crippen molar-refractivity contribution >= 4 is 11.9 Å². The van der Waals surface area contributed by atoms with Gasteiger partial charge in [-0.15, -0.1) is 0 Å². The Morgan fingerprint density at radius 3 is 2.82 bits per heavy atom. The Morgan fingerprint density at radius 1 is 1.65 bits per heavy atom. The summed E-state index contributed by atoms with van der Waals surface area (Å²) in [6, 6.07) is 0. The van der Waals surface area contributed by atoms with Gasteiger partial charge in [-0.3, -0.25) is 9.59 Å². The van der Waals surface area contributed by atoms with Crippen LogP contribution in [0.1, 0.15) is 13.8 Å². The molecule has 0 aromatic rings. The molecule has 1 aliphatic heterocycles. The summed E-state index contributed by atoms with van der Waals surface area (Å²) in [5, 5.41) is 12.0. The van der Waals surface area contributed by atoms with E-state index >= 15 is 0 Å². The van der Waals surface area contributed by atoms with Crippen molar-refractivity contribution in [3.8, 4) is 0 Å². The zero-order chi connectivity index (χ0) is 13.1. The predicted molar refractivity (Wildman–Crippen MR) is 61.7 cm³/mol. The molecule has 0 spiro atoms. The second kappa shape index (κ2) is 5.46. The van der Waals surface area contributed by atoms with Crippen molar-refractivity contribution in [3.05, 3.63) is 0 Å². The number of hydrogen-bond acceptors (Lipinski definition) is 4. The second-order valence-corrected chi connectivity index (χ2v) is 4.79. The summed E-state index contributed by atoms with van der Waals surface area (Å²) in [7, 11) is 1.56. The Bertz CT molecular complexity index is 304. The Hall–Kier alpha value is -1.14. The normalized spacial score (nSPS) is 24.5. The minimum absolute atomic E-state index is 0.0849. The molecule has 6 heteroatoms. The molecular formula is C11H20N2O4. The van der Waals surface area contributed by atoms with E-state index < -0.39 is 17.4 Å². The van der Waals surface area contributed by atoms with Crippen LogP contribution < -0.4 is 5.32 Å². The number of hydrogen-bond donors (Lipinski definition) is 2. The summed E-state index contributed by atoms with van der Waals surface area (Å²) in [5.41, 5.74) is -0.724. The largest absolute Gasteiger partial charge is 0.481 e. The number of amides is 1. The van der Waals surface area contributed by atoms with Gasteiger partial charge >= 0.3 is 5.97 Å². The molecule has 98 valence electrons. The van der Waals surface area contributed by atoms with Crippen molar-refractivity contribution in [1.29, 1.82) is 0 Å². The molecule has 0 saturated carbocycles. The van der Waals surface area contributed by atoms with Crippen molar-refractivity contribution in [1.82, 2.24) is 10.2 Å². The minimum atomic E-state index is -0.884. The van der Waals surface area contributed by atoms with Crippen LogP contribution in [0.2, 0.25) is 0 Å². The number of methoxy groups -OCH3 is 1. The summed E-state index contributed by atoms with van der Waals surface area (Å²) >= 11 is 0. The third-order valence-corrected chi connectivity index (χ3v) is 2.97. The van der Waals surface area contributed by atoms with E-state index in [9.17, 15) is 9.59 Å². The number of ether oxygens (including phenoxy) is 1. The monoisotopic (exact) mass is 244 g/mol. The molecule has 1 fully saturated rings. The lowest BCUT2D eigenvalue weighted by Gasteiger charge is -2.28. The van der Waals surface area contributed by atoms with Crippen LogP contribution in [-0.4, -0.2) is 60.8 Å². The minimum Gasteiger partial charge on any atom is -0.481 e. The molecule has 1 heterocycles. The third kappa shape index (κ3) is 3.41. The highest BCUT2D eigenvalue weighted by Gasteiger charge is 2.38. The van der Waals surface area contributed by atoms with Gasteiger partial charge < -0.3 is 20.1 Å². The quantitative estimate of drug-likeness (QED) is 0.700. The summed E-state index contributed by atoms with van der Waals surface area (Å²) in [6.07, 6.45) is 0. The molecule has 0 aliphatic carbocycles. The lowest BCUT2D eigenvalue weighted by molar-refractivity contribution is -0.143. The number of nitrogens with one attached hydrogen (secondary N) is 1. The molecule has 17 heavy (non-hydrogen) atoms. The molecule has 1 unspecified atom stereocenters. The van der Waals surface area contributed by atoms with Gasteiger partial charge in [-0.2, -0.15) is 0 Å². The van der Waals surface area contributed by atoms with Crippen LogP contribution in [0.25, 0.3) is 0 Å². The van der Waals surface area contributed by atoms with Crippen molar-refractivity contribution in [2.24, 2.45) is 5.92 Å². The van der Waals surface area contributed by atoms with E-state index in [1.165, 1.54) is 0 Å². The van der Waals surface area contributed by atoms with Crippen molar-refractivity contribution in [3.63, 3.8) is 0 Å². The second-order valence-electron chi connectivity index (χ2n) is 4.79. The number of carboxylic acids is 1. The fourth-order valence-corrected chi connectivity index (χ4v) is 1.82. The van der Waals surface area contributed by atoms with Crippen LogP contribution in [0.15, 0.2) is 0 Å². The molecule has 0 aromatic heterocycles. The standard InChI is InChI=1S/C11H20N2O4/c1-11(2)10(16)13(4-5-17-3)7-8(6-12-11)9(14)15/h8,12H,4-7H2,1-3H3,(H,14,15). The lowest BCUT2D eigenvalue weighted by atomic mass is 10.0. The maximum Gasteiger partial charge on any atom is 0.309 e. The number of carbonyl (C=O) groups excluding carboxylic acids is 1. The van der Waals surface area contributed by atoms with E-state index in [0.29, 0.717) is 19.7 Å². The summed E-state index contributed by atoms with van der Waals surface area (Å²) < 4.78 is 4.94. The fraction of sp³-hybridized carbons (Fsp3) is 0.818. The topological polar surface area (TPSA) is 78.9 Å². The number of aliphatic carboxylic acids is 1. The molecule has 6 nitrogen and oxygen atoms in total. The molecule has 1 atom stereocenters. The highest BCUT2D eigenvalue weighted by molar-refractivity contribution is 5.86. The van der Waals surface area contributed by atoms with Gasteiger partial charge in [-0.25, -0.2) is 0 Å². The molecule has 2 N–H and O–H groups in total. The number of rotatable bonds is 4. The van der Waals surface area contributed by atoms with E-state index in [4.69, 9.17) is 9.84 Å². The van der Waals surface area contributed by atoms with Gasteiger partial charge in [-0.1, -0.05) is 0 Å². The van der Waals surface area contributed by atoms with Gasteiger partial charge in [0.05, 0.1) is 18.1 Å². The van der Waals surface area contributed by atoms with E-state index in [0.717, 1.165) is 0 Å². The molecule has 1 saturated heterocycles. The Labute approximate surface area is 101 Å². The van der Waals surface area contributed by atoms with Crippen LogP contribution in [0, 0.1) is 5.92 Å². The van der Waals surface area contributed by atoms with Gasteiger partial charge in [0.1, 0.15) is 0 Å². The molecule has 0 bridgehead atoms. The highest BCUT2D eigenvalue weighted by atomic mass is 16.5. The molecular weight excluding hydrogens is 224 g/mol. The average Bonchev–Trinajstić information content (AvgIpc) is 2.36. The lowest BCUT2D eigenvalue weighted by Crippen LogP contribution is -2.52. The molecule has 1 rings (SSSR count). The zero-order valence-corrected chi connectivity index (χ0v) is 10.5. The van der Waals surface area contributed by atoms with Gasteiger partial charge in [0.2, 0.25) is 5.91 Å². The average molecular weight is 244 g/mol. The van der Waals surface area contributed by atoms with Crippen molar-refractivity contribution < 1.29 is 19.4 Å². The summed E-state index contributed by atoms with van der Waals surface area (Å²) in [4.78, 5) is 24.7. The van der Waals surface area contributed by atoms with Gasteiger partial charge in [0.25, 0.3) is 0 Å². The van der Waals surface area contributed by atoms with E-state index in [1.54, 1.807) is 25.9 Å². The van der Waals surface area contributed by atoms with Crippen molar-refractivity contribution in [2.75, 3.05) is 33.4 Å². The SMILES string of the molecule is COCCN1CC(C(=O)O)CNC(C)(C)C1=O. The Kier molecular flexibility index (Phi) is 4.47. The number of carbonyl (C=O) groups is 2. The molecule has 1 amide bonds. The first kappa shape index (κ1) is 13.9. The first-order valence-corrected chi connectivity index (χ1v) is 5.64. The summed E-state index contributed by atoms with van der Waals surface area (Å²) in [6.45, 7) is 4.89. The molecule has 0 radical (unpaired) electrons. The molecule has 0 aromatic carbocycles. The first-order valence-electron chi connectivity index (χ1n) is 5.64. The van der Waals surface area contributed by atoms with E-state index in [-0.39, 0.29) is 12.5 Å². The van der Waals surface area contributed by atoms with E-state index in [1.807, 2.05) is 0 Å². The Morgan fingerprint density at radius 2 is 2.29 bits per heavy atom. The van der Waals surface area contributed by atoms with Crippen LogP contribution in [0.3, 0.4) is 0 Å². The van der Waals surface area contributed by atoms with Gasteiger partial charge in [0.15, 0.2) is 0 Å². The smallest absolute Gasteiger partial charge is 0.309 e. The van der Waals surface area contributed by atoms with Crippen LogP contribution in [0.5, 0.6) is 0 Å². The van der Waals surface area contributed by atoms with Crippen LogP contribution >= 0.6 is 0 Å². The first-order chi connectivity index (χ1) is 7.88. The maximum absolute atomic E-state index is 12.2. The summed E-state index contributed by atoms with van der Waals surface area (Å²) in [5.74, 6) is -1.54. The van der Waals surface area contributed by atoms with Gasteiger partial charge in [0, 0.05) is 26.7 Å². The predicted octanol–water partition coefficient (Wildman–Crippen LogP) is -0.456. The number of nitrogens with zero attached hydrogens (tertiary/aromatic N) is 1. The fourth-order valence-electron chi connectivity index (χ4n) is 1.82. The number of carboxylic acid groups (broad SMARTS) is 1. The third-order valence-electron chi connectivity index (χ3n) is 2.97. The Balaban J connectivity index is 2.81. The van der Waals surface area contributed by atoms with E-state index in [2.05, 4.69) is 5.32 Å².